The van der Waals surface area contributed by atoms with E-state index in [2.05, 4.69) is 10.1 Å². The van der Waals surface area contributed by atoms with Crippen LogP contribution in [0.5, 0.6) is 5.75 Å². The summed E-state index contributed by atoms with van der Waals surface area (Å²) in [4.78, 5) is 65.5. The number of nitrogens with zero attached hydrogens (tertiary/aromatic N) is 1. The Morgan fingerprint density at radius 2 is 1.64 bits per heavy atom. The van der Waals surface area contributed by atoms with Gasteiger partial charge in [0.15, 0.2) is 23.2 Å². The second kappa shape index (κ2) is 14.2. The highest BCUT2D eigenvalue weighted by molar-refractivity contribution is 6.36. The van der Waals surface area contributed by atoms with Crippen molar-refractivity contribution in [3.05, 3.63) is 64.7 Å². The first-order chi connectivity index (χ1) is 20.9. The van der Waals surface area contributed by atoms with Gasteiger partial charge in [-0.15, -0.1) is 0 Å². The number of carboxylic acids is 1. The third-order valence-corrected chi connectivity index (χ3v) is 7.70. The molecule has 13 heteroatoms. The average molecular weight is 637 g/mol. The summed E-state index contributed by atoms with van der Waals surface area (Å²) < 4.78 is 59.6. The number of aliphatic carboxylic acids is 1. The summed E-state index contributed by atoms with van der Waals surface area (Å²) >= 11 is 0. The number of carbonyl (C=O) groups is 5. The Morgan fingerprint density at radius 1 is 1.02 bits per heavy atom. The van der Waals surface area contributed by atoms with E-state index in [1.807, 2.05) is 32.9 Å². The van der Waals surface area contributed by atoms with Crippen LogP contribution in [0, 0.1) is 28.7 Å². The minimum Gasteiger partial charge on any atom is -0.481 e. The fourth-order valence-corrected chi connectivity index (χ4v) is 5.26. The highest BCUT2D eigenvalue weighted by Crippen LogP contribution is 2.31. The van der Waals surface area contributed by atoms with E-state index in [0.717, 1.165) is 5.56 Å². The van der Waals surface area contributed by atoms with E-state index in [-0.39, 0.29) is 37.4 Å². The summed E-state index contributed by atoms with van der Waals surface area (Å²) in [5.41, 5.74) is -0.00404. The highest BCUT2D eigenvalue weighted by Gasteiger charge is 2.41. The summed E-state index contributed by atoms with van der Waals surface area (Å²) in [5, 5.41) is 11.6. The van der Waals surface area contributed by atoms with Crippen molar-refractivity contribution >= 4 is 29.4 Å². The fraction of sp³-hybridized carbons (Fsp3) is 0.469. The second-order valence-electron chi connectivity index (χ2n) is 12.4. The number of ether oxygens (including phenoxy) is 1. The van der Waals surface area contributed by atoms with Gasteiger partial charge in [0.1, 0.15) is 12.6 Å². The SMILES string of the molecule is CC(C)(C)c1ccccc1CC(=O)C(=O)N1CCCC[C@](C)(C(=O)N[C@@H](CC(=O)O)C(=O)COc2c(F)c(F)cc(F)c2F)C1. The maximum Gasteiger partial charge on any atom is 0.305 e. The molecule has 2 N–H and O–H groups in total. The van der Waals surface area contributed by atoms with Gasteiger partial charge in [-0.05, 0) is 36.3 Å². The Morgan fingerprint density at radius 3 is 2.24 bits per heavy atom. The number of halogens is 4. The first-order valence-electron chi connectivity index (χ1n) is 14.4. The van der Waals surface area contributed by atoms with Crippen LogP contribution in [0.1, 0.15) is 64.5 Å². The zero-order valence-electron chi connectivity index (χ0n) is 25.5. The largest absolute Gasteiger partial charge is 0.481 e. The third kappa shape index (κ3) is 8.67. The smallest absolute Gasteiger partial charge is 0.305 e. The number of rotatable bonds is 11. The van der Waals surface area contributed by atoms with Crippen LogP contribution in [-0.2, 0) is 35.8 Å². The lowest BCUT2D eigenvalue weighted by molar-refractivity contribution is -0.147. The van der Waals surface area contributed by atoms with Gasteiger partial charge in [-0.3, -0.25) is 24.0 Å². The van der Waals surface area contributed by atoms with Gasteiger partial charge in [0.25, 0.3) is 5.91 Å². The molecule has 3 rings (SSSR count). The van der Waals surface area contributed by atoms with Crippen LogP contribution in [0.2, 0.25) is 0 Å². The lowest BCUT2D eigenvalue weighted by atomic mass is 9.82. The number of likely N-dealkylation sites (tertiary alicyclic amines) is 1. The van der Waals surface area contributed by atoms with Crippen LogP contribution >= 0.6 is 0 Å². The molecule has 9 nitrogen and oxygen atoms in total. The molecule has 0 radical (unpaired) electrons. The Bertz CT molecular complexity index is 1460. The van der Waals surface area contributed by atoms with E-state index in [1.54, 1.807) is 12.1 Å². The molecule has 2 amide bonds. The topological polar surface area (TPSA) is 130 Å². The number of carboxylic acid groups (broad SMARTS) is 1. The summed E-state index contributed by atoms with van der Waals surface area (Å²) in [6.07, 6.45) is 0.0947. The van der Waals surface area contributed by atoms with E-state index in [4.69, 9.17) is 0 Å². The number of ketones is 2. The molecular formula is C32H36F4N2O7. The number of hydrogen-bond donors (Lipinski definition) is 2. The van der Waals surface area contributed by atoms with Gasteiger partial charge in [0, 0.05) is 25.6 Å². The molecule has 0 spiro atoms. The van der Waals surface area contributed by atoms with Gasteiger partial charge in [0.2, 0.25) is 23.3 Å². The summed E-state index contributed by atoms with van der Waals surface area (Å²) in [6.45, 7) is 6.25. The molecule has 1 fully saturated rings. The van der Waals surface area contributed by atoms with Crippen molar-refractivity contribution in [2.45, 2.75) is 71.3 Å². The summed E-state index contributed by atoms with van der Waals surface area (Å²) in [7, 11) is 0. The van der Waals surface area contributed by atoms with Crippen molar-refractivity contribution < 1.29 is 51.4 Å². The summed E-state index contributed by atoms with van der Waals surface area (Å²) in [5.74, 6) is -13.8. The van der Waals surface area contributed by atoms with Crippen molar-refractivity contribution in [1.82, 2.24) is 10.2 Å². The molecule has 0 aromatic heterocycles. The molecule has 0 aliphatic carbocycles. The Labute approximate surface area is 257 Å². The van der Waals surface area contributed by atoms with Gasteiger partial charge in [-0.1, -0.05) is 51.5 Å². The molecule has 1 saturated heterocycles. The molecule has 2 aromatic rings. The van der Waals surface area contributed by atoms with Crippen LogP contribution in [0.25, 0.3) is 0 Å². The number of Topliss-reactive ketones (excluding diaryl/α,β-unsaturated/α-hetero) is 2. The van der Waals surface area contributed by atoms with Crippen LogP contribution in [0.15, 0.2) is 30.3 Å². The molecule has 0 bridgehead atoms. The molecular weight excluding hydrogens is 600 g/mol. The van der Waals surface area contributed by atoms with Gasteiger partial charge in [0.05, 0.1) is 11.8 Å². The number of nitrogens with one attached hydrogen (secondary N) is 1. The quantitative estimate of drug-likeness (QED) is 0.214. The maximum absolute atomic E-state index is 14.0. The van der Waals surface area contributed by atoms with Gasteiger partial charge in [-0.2, -0.15) is 8.78 Å². The van der Waals surface area contributed by atoms with Crippen LogP contribution in [0.3, 0.4) is 0 Å². The van der Waals surface area contributed by atoms with Crippen LogP contribution < -0.4 is 10.1 Å². The second-order valence-corrected chi connectivity index (χ2v) is 12.4. The molecule has 2 aromatic carbocycles. The van der Waals surface area contributed by atoms with Crippen molar-refractivity contribution in [2.75, 3.05) is 19.7 Å². The van der Waals surface area contributed by atoms with E-state index < -0.39 is 82.9 Å². The summed E-state index contributed by atoms with van der Waals surface area (Å²) in [6, 6.07) is 5.50. The van der Waals surface area contributed by atoms with Crippen molar-refractivity contribution in [1.29, 1.82) is 0 Å². The first kappa shape index (κ1) is 35.2. The molecule has 1 heterocycles. The van der Waals surface area contributed by atoms with Crippen LogP contribution in [-0.4, -0.2) is 65.1 Å². The minimum atomic E-state index is -1.90. The molecule has 45 heavy (non-hydrogen) atoms. The average Bonchev–Trinajstić information content (AvgIpc) is 3.17. The Hall–Kier alpha value is -4.29. The minimum absolute atomic E-state index is 0.0490. The monoisotopic (exact) mass is 636 g/mol. The van der Waals surface area contributed by atoms with Crippen molar-refractivity contribution in [3.8, 4) is 5.75 Å². The normalized spacial score (nSPS) is 17.6. The van der Waals surface area contributed by atoms with Crippen molar-refractivity contribution in [3.63, 3.8) is 0 Å². The standard InChI is InChI=1S/C32H36F4N2O7/c1-31(2,3)19-10-6-5-9-18(19)13-23(39)29(43)38-12-8-7-11-32(4,17-38)30(44)37-22(15-25(41)42)24(40)16-45-28-26(35)20(33)14-21(34)27(28)36/h5-6,9-10,14,22H,7-8,11-13,15-17H2,1-4H3,(H,37,44)(H,41,42)/t22-,32-/m0/s1. The van der Waals surface area contributed by atoms with Gasteiger partial charge >= 0.3 is 5.97 Å². The lowest BCUT2D eigenvalue weighted by Gasteiger charge is -2.33. The third-order valence-electron chi connectivity index (χ3n) is 7.70. The molecule has 2 atom stereocenters. The zero-order valence-corrected chi connectivity index (χ0v) is 25.5. The Balaban J connectivity index is 1.75. The van der Waals surface area contributed by atoms with Crippen molar-refractivity contribution in [2.24, 2.45) is 5.41 Å². The van der Waals surface area contributed by atoms with E-state index in [1.165, 1.54) is 11.8 Å². The molecule has 244 valence electrons. The molecule has 0 saturated carbocycles. The molecule has 1 aliphatic heterocycles. The molecule has 1 aliphatic rings. The van der Waals surface area contributed by atoms with E-state index in [9.17, 15) is 46.6 Å². The maximum atomic E-state index is 14.0. The highest BCUT2D eigenvalue weighted by atomic mass is 19.2. The Kier molecular flexibility index (Phi) is 11.1. The van der Waals surface area contributed by atoms with Crippen LogP contribution in [0.4, 0.5) is 17.6 Å². The zero-order chi connectivity index (χ0) is 33.7. The van der Waals surface area contributed by atoms with E-state index >= 15 is 0 Å². The number of benzene rings is 2. The lowest BCUT2D eigenvalue weighted by Crippen LogP contribution is -2.53. The first-order valence-corrected chi connectivity index (χ1v) is 14.4. The number of carbonyl (C=O) groups excluding carboxylic acids is 4. The predicted octanol–water partition coefficient (Wildman–Crippen LogP) is 4.28. The number of amides is 2. The van der Waals surface area contributed by atoms with E-state index in [0.29, 0.717) is 18.4 Å². The predicted molar refractivity (Wildman–Crippen MR) is 153 cm³/mol. The van der Waals surface area contributed by atoms with Gasteiger partial charge < -0.3 is 20.1 Å². The van der Waals surface area contributed by atoms with Gasteiger partial charge in [-0.25, -0.2) is 8.78 Å². The fourth-order valence-electron chi connectivity index (χ4n) is 5.26. The molecule has 0 unspecified atom stereocenters. The number of hydrogen-bond acceptors (Lipinski definition) is 6.